The Bertz CT molecular complexity index is 900. The summed E-state index contributed by atoms with van der Waals surface area (Å²) >= 11 is 1.53. The highest BCUT2D eigenvalue weighted by Gasteiger charge is 2.33. The van der Waals surface area contributed by atoms with E-state index in [1.165, 1.54) is 23.9 Å². The van der Waals surface area contributed by atoms with E-state index in [4.69, 9.17) is 0 Å². The number of halogens is 4. The Labute approximate surface area is 149 Å². The molecule has 0 radical (unpaired) electrons. The first kappa shape index (κ1) is 18.2. The molecule has 2 aromatic carbocycles. The summed E-state index contributed by atoms with van der Waals surface area (Å²) in [6.45, 7) is 0. The van der Waals surface area contributed by atoms with Gasteiger partial charge in [-0.3, -0.25) is 15.5 Å². The normalized spacial score (nSPS) is 15.6. The number of alkyl halides is 3. The van der Waals surface area contributed by atoms with E-state index in [0.717, 1.165) is 17.0 Å². The van der Waals surface area contributed by atoms with Crippen molar-refractivity contribution < 1.29 is 22.5 Å². The Hall–Kier alpha value is -2.62. The highest BCUT2D eigenvalue weighted by molar-refractivity contribution is 7.99. The van der Waals surface area contributed by atoms with E-state index in [2.05, 4.69) is 10.5 Å². The van der Waals surface area contributed by atoms with E-state index in [9.17, 15) is 27.7 Å². The average Bonchev–Trinajstić information content (AvgIpc) is 2.58. The quantitative estimate of drug-likeness (QED) is 0.455. The van der Waals surface area contributed by atoms with Crippen molar-refractivity contribution in [2.45, 2.75) is 17.5 Å². The summed E-state index contributed by atoms with van der Waals surface area (Å²) in [6.07, 6.45) is -4.20. The molecule has 0 unspecified atom stereocenters. The maximum absolute atomic E-state index is 13.5. The third-order valence-electron chi connectivity index (χ3n) is 3.68. The molecule has 26 heavy (non-hydrogen) atoms. The molecule has 0 aromatic heterocycles. The first-order valence-corrected chi connectivity index (χ1v) is 8.35. The fraction of sp³-hybridized carbons (Fsp3) is 0.188. The number of nitro benzene ring substituents is 1. The monoisotopic (exact) mass is 385 g/mol. The van der Waals surface area contributed by atoms with Gasteiger partial charge in [-0.05, 0) is 30.3 Å². The Balaban J connectivity index is 1.94. The van der Waals surface area contributed by atoms with Gasteiger partial charge in [0.2, 0.25) is 0 Å². The Morgan fingerprint density at radius 1 is 1.19 bits per heavy atom. The average molecular weight is 385 g/mol. The SMILES string of the molecule is O=[N+]([O-])c1cc(C(F)(F)F)ccc1NN=C1CCSc2ccc(F)cc21. The molecule has 2 aromatic rings. The Morgan fingerprint density at radius 2 is 1.96 bits per heavy atom. The molecule has 10 heteroatoms. The zero-order valence-corrected chi connectivity index (χ0v) is 13.8. The lowest BCUT2D eigenvalue weighted by Gasteiger charge is -2.17. The van der Waals surface area contributed by atoms with E-state index in [0.29, 0.717) is 29.5 Å². The van der Waals surface area contributed by atoms with Crippen LogP contribution >= 0.6 is 11.8 Å². The van der Waals surface area contributed by atoms with E-state index in [1.807, 2.05) is 0 Å². The second-order valence-corrected chi connectivity index (χ2v) is 6.53. The maximum atomic E-state index is 13.5. The van der Waals surface area contributed by atoms with Crippen molar-refractivity contribution in [3.63, 3.8) is 0 Å². The third kappa shape index (κ3) is 3.79. The number of fused-ring (bicyclic) bond motifs is 1. The third-order valence-corrected chi connectivity index (χ3v) is 4.76. The molecule has 0 fully saturated rings. The van der Waals surface area contributed by atoms with Gasteiger partial charge in [-0.2, -0.15) is 18.3 Å². The van der Waals surface area contributed by atoms with Gasteiger partial charge in [0.15, 0.2) is 0 Å². The second kappa shape index (κ2) is 6.94. The molecule has 1 heterocycles. The van der Waals surface area contributed by atoms with Crippen LogP contribution in [0.25, 0.3) is 0 Å². The van der Waals surface area contributed by atoms with Crippen LogP contribution in [0, 0.1) is 15.9 Å². The largest absolute Gasteiger partial charge is 0.416 e. The molecule has 0 atom stereocenters. The van der Waals surface area contributed by atoms with Crippen molar-refractivity contribution in [1.82, 2.24) is 0 Å². The van der Waals surface area contributed by atoms with Crippen LogP contribution in [-0.2, 0) is 6.18 Å². The first-order chi connectivity index (χ1) is 12.3. The molecule has 0 saturated carbocycles. The van der Waals surface area contributed by atoms with Crippen LogP contribution in [0.4, 0.5) is 28.9 Å². The number of hydrogen-bond acceptors (Lipinski definition) is 5. The lowest BCUT2D eigenvalue weighted by molar-refractivity contribution is -0.384. The number of rotatable bonds is 3. The van der Waals surface area contributed by atoms with E-state index < -0.39 is 28.2 Å². The number of nitrogens with zero attached hydrogens (tertiary/aromatic N) is 2. The van der Waals surface area contributed by atoms with Crippen LogP contribution in [0.3, 0.4) is 0 Å². The van der Waals surface area contributed by atoms with Gasteiger partial charge >= 0.3 is 6.18 Å². The zero-order valence-electron chi connectivity index (χ0n) is 13.0. The Kier molecular flexibility index (Phi) is 4.86. The van der Waals surface area contributed by atoms with Gasteiger partial charge in [-0.15, -0.1) is 11.8 Å². The first-order valence-electron chi connectivity index (χ1n) is 7.36. The molecular weight excluding hydrogens is 374 g/mol. The zero-order chi connectivity index (χ0) is 18.9. The van der Waals surface area contributed by atoms with Gasteiger partial charge < -0.3 is 0 Å². The van der Waals surface area contributed by atoms with E-state index in [-0.39, 0.29) is 5.69 Å². The van der Waals surface area contributed by atoms with Crippen LogP contribution in [-0.4, -0.2) is 16.4 Å². The minimum Gasteiger partial charge on any atom is -0.271 e. The molecule has 0 bridgehead atoms. The van der Waals surface area contributed by atoms with Gasteiger partial charge in [0, 0.05) is 28.7 Å². The number of thioether (sulfide) groups is 1. The fourth-order valence-electron chi connectivity index (χ4n) is 2.44. The molecular formula is C16H11F4N3O2S. The lowest BCUT2D eigenvalue weighted by Crippen LogP contribution is -2.12. The van der Waals surface area contributed by atoms with Crippen LogP contribution in [0.2, 0.25) is 0 Å². The molecule has 1 aliphatic rings. The van der Waals surface area contributed by atoms with Crippen LogP contribution in [0.5, 0.6) is 0 Å². The highest BCUT2D eigenvalue weighted by atomic mass is 32.2. The highest BCUT2D eigenvalue weighted by Crippen LogP contribution is 2.35. The molecule has 0 saturated heterocycles. The van der Waals surface area contributed by atoms with Gasteiger partial charge in [-0.25, -0.2) is 4.39 Å². The molecule has 1 N–H and O–H groups in total. The maximum Gasteiger partial charge on any atom is 0.416 e. The van der Waals surface area contributed by atoms with Crippen molar-refractivity contribution in [1.29, 1.82) is 0 Å². The second-order valence-electron chi connectivity index (χ2n) is 5.40. The van der Waals surface area contributed by atoms with Crippen LogP contribution < -0.4 is 5.43 Å². The van der Waals surface area contributed by atoms with Crippen LogP contribution in [0.15, 0.2) is 46.4 Å². The van der Waals surface area contributed by atoms with Gasteiger partial charge in [0.25, 0.3) is 5.69 Å². The summed E-state index contributed by atoms with van der Waals surface area (Å²) in [7, 11) is 0. The number of nitro groups is 1. The number of anilines is 1. The van der Waals surface area contributed by atoms with Crippen molar-refractivity contribution >= 4 is 28.8 Å². The molecule has 0 spiro atoms. The smallest absolute Gasteiger partial charge is 0.271 e. The molecule has 3 rings (SSSR count). The van der Waals surface area contributed by atoms with Gasteiger partial charge in [0.05, 0.1) is 16.2 Å². The van der Waals surface area contributed by atoms with E-state index in [1.54, 1.807) is 6.07 Å². The predicted molar refractivity (Wildman–Crippen MR) is 90.0 cm³/mol. The minimum absolute atomic E-state index is 0.174. The minimum atomic E-state index is -4.69. The van der Waals surface area contributed by atoms with Crippen molar-refractivity contribution in [3.8, 4) is 0 Å². The summed E-state index contributed by atoms with van der Waals surface area (Å²) in [5, 5.41) is 15.2. The number of hydrazone groups is 1. The van der Waals surface area contributed by atoms with Crippen molar-refractivity contribution in [2.75, 3.05) is 11.2 Å². The van der Waals surface area contributed by atoms with Crippen LogP contribution in [0.1, 0.15) is 17.5 Å². The topological polar surface area (TPSA) is 67.5 Å². The number of nitrogens with one attached hydrogen (secondary N) is 1. The van der Waals surface area contributed by atoms with Crippen molar-refractivity contribution in [2.24, 2.45) is 5.10 Å². The standard InChI is InChI=1S/C16H11F4N3O2S/c17-10-2-4-15-11(8-10)12(5-6-26-15)21-22-13-3-1-9(16(18,19)20)7-14(13)23(24)25/h1-4,7-8,22H,5-6H2. The number of benzene rings is 2. The summed E-state index contributed by atoms with van der Waals surface area (Å²) in [6, 6.07) is 6.39. The van der Waals surface area contributed by atoms with Gasteiger partial charge in [0.1, 0.15) is 11.5 Å². The van der Waals surface area contributed by atoms with Gasteiger partial charge in [-0.1, -0.05) is 0 Å². The summed E-state index contributed by atoms with van der Waals surface area (Å²) in [5.41, 5.74) is 1.45. The Morgan fingerprint density at radius 3 is 2.65 bits per heavy atom. The lowest BCUT2D eigenvalue weighted by atomic mass is 10.1. The molecule has 0 amide bonds. The summed E-state index contributed by atoms with van der Waals surface area (Å²) in [5.74, 6) is 0.244. The molecule has 1 aliphatic heterocycles. The fourth-order valence-corrected chi connectivity index (χ4v) is 3.46. The summed E-state index contributed by atoms with van der Waals surface area (Å²) < 4.78 is 51.7. The van der Waals surface area contributed by atoms with E-state index >= 15 is 0 Å². The molecule has 0 aliphatic carbocycles. The molecule has 5 nitrogen and oxygen atoms in total. The number of hydrogen-bond donors (Lipinski definition) is 1. The summed E-state index contributed by atoms with van der Waals surface area (Å²) in [4.78, 5) is 11.0. The molecule has 136 valence electrons. The predicted octanol–water partition coefficient (Wildman–Crippen LogP) is 5.06. The van der Waals surface area contributed by atoms with Crippen molar-refractivity contribution in [3.05, 3.63) is 63.5 Å².